The number of likely N-dealkylation sites (tertiary alicyclic amines) is 1. The molecule has 0 bridgehead atoms. The normalized spacial score (nSPS) is 23.4. The quantitative estimate of drug-likeness (QED) is 0.835. The molecule has 5 nitrogen and oxygen atoms in total. The Labute approximate surface area is 127 Å². The second-order valence-corrected chi connectivity index (χ2v) is 6.05. The summed E-state index contributed by atoms with van der Waals surface area (Å²) in [7, 11) is 0. The number of nitrogens with one attached hydrogen (secondary N) is 2. The number of hydrogen-bond acceptors (Lipinski definition) is 2. The number of carbonyl (C=O) groups excluding carboxylic acids is 2. The second kappa shape index (κ2) is 7.19. The molecule has 1 aliphatic heterocycles. The first-order valence-corrected chi connectivity index (χ1v) is 7.75. The van der Waals surface area contributed by atoms with Crippen LogP contribution in [0.1, 0.15) is 38.5 Å². The maximum atomic E-state index is 12.3. The highest BCUT2D eigenvalue weighted by atomic mass is 19.4. The SMILES string of the molecule is O=C(NCC(F)(F)F)N[C@H]1CCN(C(=O)C2CCCCC2)C1. The molecule has 2 N–H and O–H groups in total. The molecule has 22 heavy (non-hydrogen) atoms. The van der Waals surface area contributed by atoms with E-state index in [1.165, 1.54) is 6.42 Å². The van der Waals surface area contributed by atoms with Crippen LogP contribution >= 0.6 is 0 Å². The number of carbonyl (C=O) groups is 2. The Kier molecular flexibility index (Phi) is 5.52. The third-order valence-electron chi connectivity index (χ3n) is 4.24. The Bertz CT molecular complexity index is 409. The predicted molar refractivity (Wildman–Crippen MR) is 74.1 cm³/mol. The number of amides is 3. The number of alkyl halides is 3. The summed E-state index contributed by atoms with van der Waals surface area (Å²) in [6.45, 7) is -0.412. The predicted octanol–water partition coefficient (Wildman–Crippen LogP) is 2.03. The molecule has 1 saturated carbocycles. The van der Waals surface area contributed by atoms with Gasteiger partial charge in [-0.1, -0.05) is 19.3 Å². The van der Waals surface area contributed by atoms with Crippen molar-refractivity contribution in [2.45, 2.75) is 50.7 Å². The lowest BCUT2D eigenvalue weighted by atomic mass is 9.88. The maximum absolute atomic E-state index is 12.3. The topological polar surface area (TPSA) is 61.4 Å². The smallest absolute Gasteiger partial charge is 0.340 e. The van der Waals surface area contributed by atoms with Crippen LogP contribution in [-0.2, 0) is 4.79 Å². The van der Waals surface area contributed by atoms with Crippen molar-refractivity contribution in [1.29, 1.82) is 0 Å². The van der Waals surface area contributed by atoms with Gasteiger partial charge in [-0.05, 0) is 19.3 Å². The first-order chi connectivity index (χ1) is 10.3. The number of nitrogens with zero attached hydrogens (tertiary/aromatic N) is 1. The fourth-order valence-corrected chi connectivity index (χ4v) is 3.10. The van der Waals surface area contributed by atoms with E-state index in [1.54, 1.807) is 10.2 Å². The molecule has 0 radical (unpaired) electrons. The van der Waals surface area contributed by atoms with E-state index in [0.29, 0.717) is 19.5 Å². The molecule has 0 aromatic heterocycles. The van der Waals surface area contributed by atoms with Crippen LogP contribution in [0.2, 0.25) is 0 Å². The molecule has 2 fully saturated rings. The molecule has 0 unspecified atom stereocenters. The molecule has 0 spiro atoms. The lowest BCUT2D eigenvalue weighted by Crippen LogP contribution is -2.46. The second-order valence-electron chi connectivity index (χ2n) is 6.05. The fourth-order valence-electron chi connectivity index (χ4n) is 3.10. The van der Waals surface area contributed by atoms with Crippen molar-refractivity contribution in [2.75, 3.05) is 19.6 Å². The van der Waals surface area contributed by atoms with Crippen molar-refractivity contribution < 1.29 is 22.8 Å². The average Bonchev–Trinajstić information content (AvgIpc) is 2.93. The van der Waals surface area contributed by atoms with Crippen LogP contribution in [0.15, 0.2) is 0 Å². The van der Waals surface area contributed by atoms with Gasteiger partial charge in [0.1, 0.15) is 6.54 Å². The van der Waals surface area contributed by atoms with E-state index in [0.717, 1.165) is 25.7 Å². The molecule has 1 atom stereocenters. The molecule has 2 rings (SSSR count). The summed E-state index contributed by atoms with van der Waals surface area (Å²) in [5, 5.41) is 4.27. The Balaban J connectivity index is 1.73. The standard InChI is InChI=1S/C14H22F3N3O2/c15-14(16,17)9-18-13(22)19-11-6-7-20(8-11)12(21)10-4-2-1-3-5-10/h10-11H,1-9H2,(H2,18,19,22)/t11-/m0/s1. The molecule has 2 aliphatic rings. The molecule has 0 aromatic carbocycles. The summed E-state index contributed by atoms with van der Waals surface area (Å²) in [6, 6.07) is -1.12. The van der Waals surface area contributed by atoms with E-state index in [1.807, 2.05) is 0 Å². The van der Waals surface area contributed by atoms with Crippen molar-refractivity contribution >= 4 is 11.9 Å². The minimum atomic E-state index is -4.42. The third-order valence-corrected chi connectivity index (χ3v) is 4.24. The van der Waals surface area contributed by atoms with Crippen LogP contribution in [-0.4, -0.2) is 48.7 Å². The molecule has 1 heterocycles. The average molecular weight is 321 g/mol. The monoisotopic (exact) mass is 321 g/mol. The molecular weight excluding hydrogens is 299 g/mol. The van der Waals surface area contributed by atoms with E-state index in [2.05, 4.69) is 5.32 Å². The number of halogens is 3. The lowest BCUT2D eigenvalue weighted by molar-refractivity contribution is -0.135. The van der Waals surface area contributed by atoms with Gasteiger partial charge in [0.2, 0.25) is 5.91 Å². The van der Waals surface area contributed by atoms with Crippen LogP contribution in [0, 0.1) is 5.92 Å². The molecule has 3 amide bonds. The summed E-state index contributed by atoms with van der Waals surface area (Å²) in [5.74, 6) is 0.200. The van der Waals surface area contributed by atoms with E-state index >= 15 is 0 Å². The van der Waals surface area contributed by atoms with E-state index in [-0.39, 0.29) is 17.9 Å². The van der Waals surface area contributed by atoms with Gasteiger partial charge in [-0.2, -0.15) is 13.2 Å². The maximum Gasteiger partial charge on any atom is 0.405 e. The van der Waals surface area contributed by atoms with Crippen LogP contribution in [0.3, 0.4) is 0 Å². The Hall–Kier alpha value is -1.47. The van der Waals surface area contributed by atoms with Gasteiger partial charge in [-0.25, -0.2) is 4.79 Å². The zero-order valence-corrected chi connectivity index (χ0v) is 12.4. The molecule has 1 aliphatic carbocycles. The number of hydrogen-bond donors (Lipinski definition) is 2. The Morgan fingerprint density at radius 2 is 1.77 bits per heavy atom. The zero-order chi connectivity index (χ0) is 16.2. The van der Waals surface area contributed by atoms with Gasteiger partial charge in [-0.15, -0.1) is 0 Å². The summed E-state index contributed by atoms with van der Waals surface area (Å²) in [5.41, 5.74) is 0. The Morgan fingerprint density at radius 3 is 2.41 bits per heavy atom. The molecule has 1 saturated heterocycles. The fraction of sp³-hybridized carbons (Fsp3) is 0.857. The minimum Gasteiger partial charge on any atom is -0.340 e. The summed E-state index contributed by atoms with van der Waals surface area (Å²) in [4.78, 5) is 25.5. The Morgan fingerprint density at radius 1 is 1.09 bits per heavy atom. The van der Waals surface area contributed by atoms with Crippen molar-refractivity contribution in [3.05, 3.63) is 0 Å². The van der Waals surface area contributed by atoms with Crippen LogP contribution in [0.4, 0.5) is 18.0 Å². The van der Waals surface area contributed by atoms with Crippen LogP contribution in [0.5, 0.6) is 0 Å². The van der Waals surface area contributed by atoms with Crippen molar-refractivity contribution in [2.24, 2.45) is 5.92 Å². The molecule has 8 heteroatoms. The zero-order valence-electron chi connectivity index (χ0n) is 12.4. The summed E-state index contributed by atoms with van der Waals surface area (Å²) >= 11 is 0. The number of urea groups is 1. The summed E-state index contributed by atoms with van der Waals surface area (Å²) in [6.07, 6.45) is 1.32. The van der Waals surface area contributed by atoms with Gasteiger partial charge in [0.15, 0.2) is 0 Å². The highest BCUT2D eigenvalue weighted by Gasteiger charge is 2.33. The van der Waals surface area contributed by atoms with Gasteiger partial charge in [-0.3, -0.25) is 4.79 Å². The van der Waals surface area contributed by atoms with Gasteiger partial charge in [0, 0.05) is 25.0 Å². The first-order valence-electron chi connectivity index (χ1n) is 7.75. The first kappa shape index (κ1) is 16.9. The molecular formula is C14H22F3N3O2. The van der Waals surface area contributed by atoms with E-state index in [4.69, 9.17) is 0 Å². The minimum absolute atomic E-state index is 0.0755. The summed E-state index contributed by atoms with van der Waals surface area (Å²) < 4.78 is 36.0. The largest absolute Gasteiger partial charge is 0.405 e. The highest BCUT2D eigenvalue weighted by molar-refractivity contribution is 5.79. The van der Waals surface area contributed by atoms with E-state index < -0.39 is 18.8 Å². The van der Waals surface area contributed by atoms with Crippen molar-refractivity contribution in [3.63, 3.8) is 0 Å². The van der Waals surface area contributed by atoms with Gasteiger partial charge < -0.3 is 15.5 Å². The lowest BCUT2D eigenvalue weighted by Gasteiger charge is -2.26. The van der Waals surface area contributed by atoms with Gasteiger partial charge in [0.25, 0.3) is 0 Å². The van der Waals surface area contributed by atoms with Crippen molar-refractivity contribution in [3.8, 4) is 0 Å². The van der Waals surface area contributed by atoms with Gasteiger partial charge in [0.05, 0.1) is 0 Å². The third kappa shape index (κ3) is 5.06. The van der Waals surface area contributed by atoms with Crippen molar-refractivity contribution in [1.82, 2.24) is 15.5 Å². The van der Waals surface area contributed by atoms with Gasteiger partial charge >= 0.3 is 12.2 Å². The van der Waals surface area contributed by atoms with Crippen LogP contribution < -0.4 is 10.6 Å². The molecule has 0 aromatic rings. The highest BCUT2D eigenvalue weighted by Crippen LogP contribution is 2.26. The van der Waals surface area contributed by atoms with E-state index in [9.17, 15) is 22.8 Å². The molecule has 126 valence electrons. The number of rotatable bonds is 3. The van der Waals surface area contributed by atoms with Crippen LogP contribution in [0.25, 0.3) is 0 Å².